The molecule has 3 N–H and O–H groups in total. The summed E-state index contributed by atoms with van der Waals surface area (Å²) in [6.45, 7) is 0. The third-order valence-corrected chi connectivity index (χ3v) is 3.71. The number of carbonyl (C=O) groups excluding carboxylic acids is 1. The van der Waals surface area contributed by atoms with Crippen molar-refractivity contribution in [1.29, 1.82) is 0 Å². The summed E-state index contributed by atoms with van der Waals surface area (Å²) in [5.74, 6) is -0.0575. The van der Waals surface area contributed by atoms with Gasteiger partial charge in [0.2, 0.25) is 0 Å². The topological polar surface area (TPSA) is 78.0 Å². The summed E-state index contributed by atoms with van der Waals surface area (Å²) >= 11 is 0. The van der Waals surface area contributed by atoms with Gasteiger partial charge in [-0.15, -0.1) is 0 Å². The second-order valence-electron chi connectivity index (χ2n) is 5.11. The molecule has 0 spiro atoms. The predicted molar refractivity (Wildman–Crippen MR) is 71.8 cm³/mol. The van der Waals surface area contributed by atoms with Gasteiger partial charge in [-0.25, -0.2) is 4.98 Å². The molecule has 1 aliphatic carbocycles. The Labute approximate surface area is 111 Å². The number of aromatic amines is 1. The van der Waals surface area contributed by atoms with Crippen molar-refractivity contribution >= 4 is 16.9 Å². The molecule has 2 aromatic rings. The van der Waals surface area contributed by atoms with Gasteiger partial charge in [-0.1, -0.05) is 0 Å². The number of hydrogen-bond acceptors (Lipinski definition) is 3. The molecule has 1 amide bonds. The number of aliphatic hydroxyl groups excluding tert-OH is 1. The van der Waals surface area contributed by atoms with Gasteiger partial charge in [0.05, 0.1) is 23.5 Å². The van der Waals surface area contributed by atoms with E-state index in [0.717, 1.165) is 36.7 Å². The van der Waals surface area contributed by atoms with Crippen LogP contribution in [0.25, 0.3) is 11.0 Å². The molecule has 1 fully saturated rings. The number of imidazole rings is 1. The molecular weight excluding hydrogens is 242 g/mol. The van der Waals surface area contributed by atoms with Gasteiger partial charge in [-0.3, -0.25) is 4.79 Å². The van der Waals surface area contributed by atoms with Crippen molar-refractivity contribution in [1.82, 2.24) is 15.3 Å². The van der Waals surface area contributed by atoms with Crippen LogP contribution in [-0.4, -0.2) is 33.1 Å². The number of H-pyrrole nitrogens is 1. The van der Waals surface area contributed by atoms with Crippen molar-refractivity contribution in [2.45, 2.75) is 37.8 Å². The molecule has 0 unspecified atom stereocenters. The van der Waals surface area contributed by atoms with Crippen LogP contribution in [0.3, 0.4) is 0 Å². The number of rotatable bonds is 2. The number of hydrogen-bond donors (Lipinski definition) is 3. The first-order valence-corrected chi connectivity index (χ1v) is 6.64. The first-order valence-electron chi connectivity index (χ1n) is 6.64. The SMILES string of the molecule is O=C(NC1CCC(O)CC1)c1ccc2nc[nH]c2c1. The van der Waals surface area contributed by atoms with E-state index in [1.165, 1.54) is 0 Å². The molecule has 1 aromatic heterocycles. The molecule has 1 saturated carbocycles. The lowest BCUT2D eigenvalue weighted by Crippen LogP contribution is -2.38. The van der Waals surface area contributed by atoms with Crippen molar-refractivity contribution in [3.05, 3.63) is 30.1 Å². The largest absolute Gasteiger partial charge is 0.393 e. The Morgan fingerprint density at radius 3 is 2.89 bits per heavy atom. The number of nitrogens with one attached hydrogen (secondary N) is 2. The zero-order chi connectivity index (χ0) is 13.2. The van der Waals surface area contributed by atoms with Crippen LogP contribution < -0.4 is 5.32 Å². The molecule has 100 valence electrons. The van der Waals surface area contributed by atoms with E-state index in [1.54, 1.807) is 12.4 Å². The summed E-state index contributed by atoms with van der Waals surface area (Å²) in [6.07, 6.45) is 4.65. The second-order valence-corrected chi connectivity index (χ2v) is 5.11. The number of benzene rings is 1. The Morgan fingerprint density at radius 1 is 1.32 bits per heavy atom. The minimum Gasteiger partial charge on any atom is -0.393 e. The maximum Gasteiger partial charge on any atom is 0.251 e. The van der Waals surface area contributed by atoms with Gasteiger partial charge in [0.1, 0.15) is 0 Å². The maximum atomic E-state index is 12.2. The monoisotopic (exact) mass is 259 g/mol. The fraction of sp³-hybridized carbons (Fsp3) is 0.429. The van der Waals surface area contributed by atoms with Crippen LogP contribution in [-0.2, 0) is 0 Å². The summed E-state index contributed by atoms with van der Waals surface area (Å²) in [5, 5.41) is 12.5. The van der Waals surface area contributed by atoms with Crippen LogP contribution in [0.4, 0.5) is 0 Å². The lowest BCUT2D eigenvalue weighted by Gasteiger charge is -2.26. The first-order chi connectivity index (χ1) is 9.22. The Morgan fingerprint density at radius 2 is 2.11 bits per heavy atom. The van der Waals surface area contributed by atoms with Gasteiger partial charge in [0, 0.05) is 11.6 Å². The van der Waals surface area contributed by atoms with Crippen LogP contribution in [0.1, 0.15) is 36.0 Å². The highest BCUT2D eigenvalue weighted by Crippen LogP contribution is 2.19. The Bertz CT molecular complexity index is 585. The second kappa shape index (κ2) is 5.01. The molecule has 1 aromatic carbocycles. The number of amides is 1. The Balaban J connectivity index is 1.69. The lowest BCUT2D eigenvalue weighted by atomic mass is 9.93. The molecule has 0 radical (unpaired) electrons. The highest BCUT2D eigenvalue weighted by molar-refractivity contribution is 5.97. The highest BCUT2D eigenvalue weighted by Gasteiger charge is 2.21. The zero-order valence-corrected chi connectivity index (χ0v) is 10.6. The summed E-state index contributed by atoms with van der Waals surface area (Å²) in [5.41, 5.74) is 2.37. The summed E-state index contributed by atoms with van der Waals surface area (Å²) < 4.78 is 0. The van der Waals surface area contributed by atoms with Gasteiger partial charge < -0.3 is 15.4 Å². The van der Waals surface area contributed by atoms with Gasteiger partial charge in [0.25, 0.3) is 5.91 Å². The van der Waals surface area contributed by atoms with E-state index in [-0.39, 0.29) is 18.1 Å². The molecule has 1 heterocycles. The third kappa shape index (κ3) is 2.61. The third-order valence-electron chi connectivity index (χ3n) is 3.71. The van der Waals surface area contributed by atoms with Crippen molar-refractivity contribution in [3.8, 4) is 0 Å². The quantitative estimate of drug-likeness (QED) is 0.766. The summed E-state index contributed by atoms with van der Waals surface area (Å²) in [6, 6.07) is 5.62. The molecule has 5 nitrogen and oxygen atoms in total. The normalized spacial score (nSPS) is 23.4. The Kier molecular flexibility index (Phi) is 3.21. The van der Waals surface area contributed by atoms with Gasteiger partial charge in [0.15, 0.2) is 0 Å². The zero-order valence-electron chi connectivity index (χ0n) is 10.6. The van der Waals surface area contributed by atoms with Crippen molar-refractivity contribution in [3.63, 3.8) is 0 Å². The molecule has 3 rings (SSSR count). The van der Waals surface area contributed by atoms with E-state index in [4.69, 9.17) is 0 Å². The Hall–Kier alpha value is -1.88. The van der Waals surface area contributed by atoms with E-state index < -0.39 is 0 Å². The number of aromatic nitrogens is 2. The molecule has 5 heteroatoms. The van der Waals surface area contributed by atoms with E-state index in [9.17, 15) is 9.90 Å². The van der Waals surface area contributed by atoms with Crippen LogP contribution >= 0.6 is 0 Å². The molecule has 1 aliphatic rings. The molecule has 0 bridgehead atoms. The summed E-state index contributed by atoms with van der Waals surface area (Å²) in [7, 11) is 0. The first kappa shape index (κ1) is 12.2. The van der Waals surface area contributed by atoms with Crippen LogP contribution in [0.5, 0.6) is 0 Å². The molecule has 0 saturated heterocycles. The molecule has 0 aliphatic heterocycles. The smallest absolute Gasteiger partial charge is 0.251 e. The number of fused-ring (bicyclic) bond motifs is 1. The minimum absolute atomic E-state index is 0.0575. The van der Waals surface area contributed by atoms with Crippen LogP contribution in [0.2, 0.25) is 0 Å². The van der Waals surface area contributed by atoms with Crippen molar-refractivity contribution in [2.24, 2.45) is 0 Å². The fourth-order valence-corrected chi connectivity index (χ4v) is 2.57. The number of nitrogens with zero attached hydrogens (tertiary/aromatic N) is 1. The summed E-state index contributed by atoms with van der Waals surface area (Å²) in [4.78, 5) is 19.3. The minimum atomic E-state index is -0.200. The van der Waals surface area contributed by atoms with Gasteiger partial charge in [-0.05, 0) is 43.9 Å². The number of aliphatic hydroxyl groups is 1. The van der Waals surface area contributed by atoms with Gasteiger partial charge in [-0.2, -0.15) is 0 Å². The molecule has 0 atom stereocenters. The molecular formula is C14H17N3O2. The fourth-order valence-electron chi connectivity index (χ4n) is 2.57. The lowest BCUT2D eigenvalue weighted by molar-refractivity contribution is 0.0868. The highest BCUT2D eigenvalue weighted by atomic mass is 16.3. The number of carbonyl (C=O) groups is 1. The van der Waals surface area contributed by atoms with Gasteiger partial charge >= 0.3 is 0 Å². The van der Waals surface area contributed by atoms with Crippen molar-refractivity contribution < 1.29 is 9.90 Å². The molecule has 19 heavy (non-hydrogen) atoms. The average molecular weight is 259 g/mol. The van der Waals surface area contributed by atoms with Crippen LogP contribution in [0, 0.1) is 0 Å². The van der Waals surface area contributed by atoms with E-state index in [2.05, 4.69) is 15.3 Å². The van der Waals surface area contributed by atoms with E-state index in [0.29, 0.717) is 5.56 Å². The van der Waals surface area contributed by atoms with E-state index >= 15 is 0 Å². The van der Waals surface area contributed by atoms with E-state index in [1.807, 2.05) is 12.1 Å². The van der Waals surface area contributed by atoms with Crippen molar-refractivity contribution in [2.75, 3.05) is 0 Å². The predicted octanol–water partition coefficient (Wildman–Crippen LogP) is 1.60. The maximum absolute atomic E-state index is 12.2. The average Bonchev–Trinajstić information content (AvgIpc) is 2.88. The standard InChI is InChI=1S/C14H17N3O2/c18-11-4-2-10(3-5-11)17-14(19)9-1-6-12-13(7-9)16-8-15-12/h1,6-8,10-11,18H,2-5H2,(H,15,16)(H,17,19). The van der Waals surface area contributed by atoms with Crippen LogP contribution in [0.15, 0.2) is 24.5 Å².